The van der Waals surface area contributed by atoms with Crippen LogP contribution in [0.25, 0.3) is 4.96 Å². The standard InChI is InChI=1S/C13H7F3N2OS/c14-7-3-9(15)12(10(16)4-7)11(19)5-8-6-18-1-2-20-13(18)17-8/h1-4,6H,5H2. The lowest BCUT2D eigenvalue weighted by atomic mass is 10.1. The zero-order valence-electron chi connectivity index (χ0n) is 9.94. The second kappa shape index (κ2) is 4.75. The minimum atomic E-state index is -1.20. The molecular formula is C13H7F3N2OS. The highest BCUT2D eigenvalue weighted by atomic mass is 32.1. The zero-order valence-corrected chi connectivity index (χ0v) is 10.8. The number of nitrogens with zero attached hydrogens (tertiary/aromatic N) is 2. The molecule has 102 valence electrons. The fourth-order valence-corrected chi connectivity index (χ4v) is 2.64. The van der Waals surface area contributed by atoms with Gasteiger partial charge in [-0.3, -0.25) is 9.20 Å². The number of rotatable bonds is 3. The van der Waals surface area contributed by atoms with Crippen LogP contribution in [0.4, 0.5) is 13.2 Å². The Morgan fingerprint density at radius 2 is 1.95 bits per heavy atom. The third kappa shape index (κ3) is 2.20. The van der Waals surface area contributed by atoms with Gasteiger partial charge in [0.25, 0.3) is 0 Å². The van der Waals surface area contributed by atoms with Crippen molar-refractivity contribution in [3.05, 3.63) is 58.6 Å². The number of Topliss-reactive ketones (excluding diaryl/α,β-unsaturated/α-hetero) is 1. The molecule has 0 radical (unpaired) electrons. The van der Waals surface area contributed by atoms with Crippen molar-refractivity contribution in [2.24, 2.45) is 0 Å². The number of fused-ring (bicyclic) bond motifs is 1. The molecule has 0 aliphatic carbocycles. The summed E-state index contributed by atoms with van der Waals surface area (Å²) in [4.78, 5) is 16.8. The van der Waals surface area contributed by atoms with Crippen LogP contribution >= 0.6 is 11.3 Å². The molecule has 3 rings (SSSR count). The first-order chi connectivity index (χ1) is 9.54. The van der Waals surface area contributed by atoms with E-state index in [-0.39, 0.29) is 6.42 Å². The molecule has 7 heteroatoms. The number of hydrogen-bond acceptors (Lipinski definition) is 3. The summed E-state index contributed by atoms with van der Waals surface area (Å²) < 4.78 is 41.5. The molecule has 3 nitrogen and oxygen atoms in total. The van der Waals surface area contributed by atoms with E-state index in [1.54, 1.807) is 16.8 Å². The van der Waals surface area contributed by atoms with Gasteiger partial charge in [0.15, 0.2) is 10.7 Å². The molecule has 0 saturated heterocycles. The van der Waals surface area contributed by atoms with Crippen LogP contribution in [0.15, 0.2) is 29.9 Å². The molecule has 2 aromatic heterocycles. The van der Waals surface area contributed by atoms with Gasteiger partial charge in [0.2, 0.25) is 0 Å². The van der Waals surface area contributed by atoms with E-state index in [0.717, 1.165) is 0 Å². The van der Waals surface area contributed by atoms with Gasteiger partial charge < -0.3 is 0 Å². The number of carbonyl (C=O) groups is 1. The number of hydrogen-bond donors (Lipinski definition) is 0. The van der Waals surface area contributed by atoms with Gasteiger partial charge in [0.05, 0.1) is 17.7 Å². The van der Waals surface area contributed by atoms with Crippen LogP contribution in [0.5, 0.6) is 0 Å². The van der Waals surface area contributed by atoms with E-state index >= 15 is 0 Å². The molecule has 0 bridgehead atoms. The van der Waals surface area contributed by atoms with Crippen molar-refractivity contribution in [1.29, 1.82) is 0 Å². The van der Waals surface area contributed by atoms with Crippen molar-refractivity contribution in [3.63, 3.8) is 0 Å². The fourth-order valence-electron chi connectivity index (χ4n) is 1.92. The van der Waals surface area contributed by atoms with E-state index in [2.05, 4.69) is 4.98 Å². The quantitative estimate of drug-likeness (QED) is 0.695. The number of ketones is 1. The maximum absolute atomic E-state index is 13.5. The third-order valence-electron chi connectivity index (χ3n) is 2.77. The van der Waals surface area contributed by atoms with Gasteiger partial charge >= 0.3 is 0 Å². The summed E-state index contributed by atoms with van der Waals surface area (Å²) in [5, 5.41) is 1.83. The Balaban J connectivity index is 1.91. The largest absolute Gasteiger partial charge is 0.297 e. The molecule has 0 N–H and O–H groups in total. The summed E-state index contributed by atoms with van der Waals surface area (Å²) in [7, 11) is 0. The fraction of sp³-hybridized carbons (Fsp3) is 0.0769. The molecule has 0 unspecified atom stereocenters. The number of thiazole rings is 1. The smallest absolute Gasteiger partial charge is 0.193 e. The lowest BCUT2D eigenvalue weighted by molar-refractivity contribution is 0.0984. The van der Waals surface area contributed by atoms with Crippen molar-refractivity contribution in [3.8, 4) is 0 Å². The number of benzene rings is 1. The van der Waals surface area contributed by atoms with Crippen LogP contribution in [-0.2, 0) is 6.42 Å². The van der Waals surface area contributed by atoms with Crippen molar-refractivity contribution < 1.29 is 18.0 Å². The van der Waals surface area contributed by atoms with Gasteiger partial charge in [-0.2, -0.15) is 0 Å². The van der Waals surface area contributed by atoms with Crippen molar-refractivity contribution in [2.75, 3.05) is 0 Å². The summed E-state index contributed by atoms with van der Waals surface area (Å²) in [6.45, 7) is 0. The third-order valence-corrected chi connectivity index (χ3v) is 3.54. The number of aromatic nitrogens is 2. The summed E-state index contributed by atoms with van der Waals surface area (Å²) in [6, 6.07) is 0.976. The lowest BCUT2D eigenvalue weighted by Gasteiger charge is -2.03. The molecule has 3 aromatic rings. The van der Waals surface area contributed by atoms with Crippen LogP contribution < -0.4 is 0 Å². The lowest BCUT2D eigenvalue weighted by Crippen LogP contribution is -2.10. The average Bonchev–Trinajstić information content (AvgIpc) is 2.87. The Morgan fingerprint density at radius 3 is 2.60 bits per heavy atom. The molecular weight excluding hydrogens is 289 g/mol. The van der Waals surface area contributed by atoms with E-state index in [1.807, 2.05) is 5.38 Å². The molecule has 0 saturated carbocycles. The van der Waals surface area contributed by atoms with Crippen LogP contribution in [-0.4, -0.2) is 15.2 Å². The van der Waals surface area contributed by atoms with Crippen LogP contribution in [0.2, 0.25) is 0 Å². The van der Waals surface area contributed by atoms with E-state index in [4.69, 9.17) is 0 Å². The molecule has 0 spiro atoms. The zero-order chi connectivity index (χ0) is 14.3. The second-order valence-corrected chi connectivity index (χ2v) is 5.04. The molecule has 0 fully saturated rings. The van der Waals surface area contributed by atoms with E-state index in [1.165, 1.54) is 11.3 Å². The number of halogens is 3. The molecule has 0 amide bonds. The van der Waals surface area contributed by atoms with Gasteiger partial charge in [-0.1, -0.05) is 0 Å². The molecule has 0 aliphatic heterocycles. The Bertz CT molecular complexity index is 757. The van der Waals surface area contributed by atoms with E-state index in [9.17, 15) is 18.0 Å². The molecule has 2 heterocycles. The van der Waals surface area contributed by atoms with Crippen molar-refractivity contribution in [1.82, 2.24) is 9.38 Å². The Kier molecular flexibility index (Phi) is 3.06. The summed E-state index contributed by atoms with van der Waals surface area (Å²) >= 11 is 1.38. The molecule has 20 heavy (non-hydrogen) atoms. The minimum absolute atomic E-state index is 0.242. The first-order valence-corrected chi connectivity index (χ1v) is 6.51. The van der Waals surface area contributed by atoms with Crippen LogP contribution in [0, 0.1) is 17.5 Å². The average molecular weight is 296 g/mol. The predicted octanol–water partition coefficient (Wildman–Crippen LogP) is 3.24. The first-order valence-electron chi connectivity index (χ1n) is 5.63. The molecule has 0 atom stereocenters. The van der Waals surface area contributed by atoms with Gasteiger partial charge in [-0.05, 0) is 0 Å². The van der Waals surface area contributed by atoms with Gasteiger partial charge in [-0.25, -0.2) is 18.2 Å². The summed E-state index contributed by atoms with van der Waals surface area (Å²) in [6.07, 6.45) is 3.14. The maximum atomic E-state index is 13.5. The Morgan fingerprint density at radius 1 is 1.25 bits per heavy atom. The van der Waals surface area contributed by atoms with Gasteiger partial charge in [0, 0.05) is 29.9 Å². The summed E-state index contributed by atoms with van der Waals surface area (Å²) in [5.41, 5.74) is -0.326. The van der Waals surface area contributed by atoms with E-state index in [0.29, 0.717) is 22.8 Å². The molecule has 0 aliphatic rings. The van der Waals surface area contributed by atoms with Gasteiger partial charge in [0.1, 0.15) is 17.5 Å². The minimum Gasteiger partial charge on any atom is -0.297 e. The van der Waals surface area contributed by atoms with Gasteiger partial charge in [-0.15, -0.1) is 11.3 Å². The SMILES string of the molecule is O=C(Cc1cn2ccsc2n1)c1c(F)cc(F)cc1F. The van der Waals surface area contributed by atoms with Crippen molar-refractivity contribution >= 4 is 22.1 Å². The second-order valence-electron chi connectivity index (χ2n) is 4.17. The van der Waals surface area contributed by atoms with Crippen molar-refractivity contribution in [2.45, 2.75) is 6.42 Å². The number of carbonyl (C=O) groups excluding carboxylic acids is 1. The number of imidazole rings is 1. The maximum Gasteiger partial charge on any atom is 0.193 e. The molecule has 1 aromatic carbocycles. The first kappa shape index (κ1) is 12.9. The highest BCUT2D eigenvalue weighted by Crippen LogP contribution is 2.18. The van der Waals surface area contributed by atoms with Crippen LogP contribution in [0.3, 0.4) is 0 Å². The highest BCUT2D eigenvalue weighted by Gasteiger charge is 2.20. The predicted molar refractivity (Wildman–Crippen MR) is 67.4 cm³/mol. The summed E-state index contributed by atoms with van der Waals surface area (Å²) in [5.74, 6) is -4.23. The highest BCUT2D eigenvalue weighted by molar-refractivity contribution is 7.15. The van der Waals surface area contributed by atoms with Crippen LogP contribution in [0.1, 0.15) is 16.1 Å². The normalized spacial score (nSPS) is 11.2. The van der Waals surface area contributed by atoms with E-state index < -0.39 is 28.8 Å². The Hall–Kier alpha value is -2.15. The topological polar surface area (TPSA) is 34.4 Å². The monoisotopic (exact) mass is 296 g/mol. The Labute approximate surface area is 115 Å².